The highest BCUT2D eigenvalue weighted by Gasteiger charge is 2.34. The van der Waals surface area contributed by atoms with Crippen LogP contribution in [0.1, 0.15) is 28.8 Å². The van der Waals surface area contributed by atoms with Crippen LogP contribution in [0.15, 0.2) is 18.2 Å². The first-order chi connectivity index (χ1) is 8.49. The minimum atomic E-state index is -0.943. The van der Waals surface area contributed by atoms with Gasteiger partial charge in [0, 0.05) is 0 Å². The number of aliphatic hydroxyl groups is 2. The van der Waals surface area contributed by atoms with E-state index in [1.165, 1.54) is 12.1 Å². The van der Waals surface area contributed by atoms with E-state index in [0.717, 1.165) is 5.56 Å². The first-order valence-electron chi connectivity index (χ1n) is 5.95. The molecule has 1 saturated carbocycles. The molecule has 1 aliphatic rings. The summed E-state index contributed by atoms with van der Waals surface area (Å²) in [6.07, 6.45) is -0.740. The van der Waals surface area contributed by atoms with Crippen molar-refractivity contribution in [1.29, 1.82) is 0 Å². The zero-order chi connectivity index (χ0) is 13.3. The number of benzene rings is 1. The highest BCUT2D eigenvalue weighted by Crippen LogP contribution is 2.22. The predicted molar refractivity (Wildman–Crippen MR) is 65.3 cm³/mol. The molecule has 3 atom stereocenters. The van der Waals surface area contributed by atoms with Gasteiger partial charge in [-0.2, -0.15) is 0 Å². The van der Waals surface area contributed by atoms with Crippen molar-refractivity contribution in [3.63, 3.8) is 0 Å². The Hall–Kier alpha value is -1.59. The summed E-state index contributed by atoms with van der Waals surface area (Å²) in [5.41, 5.74) is 1.04. The van der Waals surface area contributed by atoms with Crippen molar-refractivity contribution in [3.8, 4) is 5.75 Å². The summed E-state index contributed by atoms with van der Waals surface area (Å²) in [6, 6.07) is 4.31. The number of aliphatic hydroxyl groups excluding tert-OH is 2. The van der Waals surface area contributed by atoms with Gasteiger partial charge in [0.25, 0.3) is 5.91 Å². The minimum absolute atomic E-state index is 0.0828. The summed E-state index contributed by atoms with van der Waals surface area (Å²) < 4.78 is 0. The summed E-state index contributed by atoms with van der Waals surface area (Å²) >= 11 is 0. The van der Waals surface area contributed by atoms with Gasteiger partial charge in [-0.15, -0.1) is 0 Å². The molecule has 1 aromatic carbocycles. The number of nitrogens with one attached hydrogen (secondary N) is 1. The van der Waals surface area contributed by atoms with E-state index in [9.17, 15) is 20.1 Å². The van der Waals surface area contributed by atoms with Crippen LogP contribution in [0.3, 0.4) is 0 Å². The zero-order valence-corrected chi connectivity index (χ0v) is 10.1. The van der Waals surface area contributed by atoms with Crippen LogP contribution < -0.4 is 5.32 Å². The molecule has 1 aromatic rings. The summed E-state index contributed by atoms with van der Waals surface area (Å²) in [5, 5.41) is 31.3. The van der Waals surface area contributed by atoms with Crippen molar-refractivity contribution >= 4 is 5.91 Å². The fourth-order valence-corrected chi connectivity index (χ4v) is 2.20. The average Bonchev–Trinajstić information content (AvgIpc) is 2.61. The molecule has 0 spiro atoms. The number of aryl methyl sites for hydroxylation is 1. The van der Waals surface area contributed by atoms with Crippen molar-refractivity contribution in [2.75, 3.05) is 0 Å². The molecule has 5 nitrogen and oxygen atoms in total. The summed E-state index contributed by atoms with van der Waals surface area (Å²) in [5.74, 6) is -0.522. The Morgan fingerprint density at radius 2 is 2.06 bits per heavy atom. The fourth-order valence-electron chi connectivity index (χ4n) is 2.20. The molecule has 4 N–H and O–H groups in total. The highest BCUT2D eigenvalue weighted by atomic mass is 16.3. The van der Waals surface area contributed by atoms with Crippen LogP contribution in [-0.2, 0) is 0 Å². The standard InChI is InChI=1S/C13H17NO4/c1-7-2-3-8(11(16)6-7)13(18)14-9-4-5-10(15)12(9)17/h2-3,6,9-10,12,15-17H,4-5H2,1H3,(H,14,18)/t9-,10-,12-/m1/s1. The van der Waals surface area contributed by atoms with Crippen LogP contribution in [-0.4, -0.2) is 39.5 Å². The van der Waals surface area contributed by atoms with Crippen LogP contribution in [0.2, 0.25) is 0 Å². The lowest BCUT2D eigenvalue weighted by molar-refractivity contribution is 0.0296. The fraction of sp³-hybridized carbons (Fsp3) is 0.462. The molecule has 1 fully saturated rings. The van der Waals surface area contributed by atoms with Gasteiger partial charge >= 0.3 is 0 Å². The van der Waals surface area contributed by atoms with E-state index in [-0.39, 0.29) is 11.3 Å². The molecule has 0 radical (unpaired) electrons. The lowest BCUT2D eigenvalue weighted by Gasteiger charge is -2.18. The van der Waals surface area contributed by atoms with E-state index in [1.54, 1.807) is 6.07 Å². The molecule has 1 aliphatic carbocycles. The number of aromatic hydroxyl groups is 1. The van der Waals surface area contributed by atoms with Gasteiger partial charge in [-0.05, 0) is 37.5 Å². The van der Waals surface area contributed by atoms with Crippen molar-refractivity contribution in [2.24, 2.45) is 0 Å². The predicted octanol–water partition coefficient (Wildman–Crippen LogP) is 0.315. The third-order valence-corrected chi connectivity index (χ3v) is 3.29. The lowest BCUT2D eigenvalue weighted by Crippen LogP contribution is -2.42. The van der Waals surface area contributed by atoms with Crippen LogP contribution in [0.5, 0.6) is 5.75 Å². The number of carbonyl (C=O) groups is 1. The van der Waals surface area contributed by atoms with Gasteiger partial charge in [0.05, 0.1) is 17.7 Å². The number of carbonyl (C=O) groups excluding carboxylic acids is 1. The lowest BCUT2D eigenvalue weighted by atomic mass is 10.1. The number of rotatable bonds is 2. The Kier molecular flexibility index (Phi) is 3.54. The normalized spacial score (nSPS) is 27.2. The van der Waals surface area contributed by atoms with E-state index in [2.05, 4.69) is 5.32 Å². The Morgan fingerprint density at radius 3 is 2.61 bits per heavy atom. The Balaban J connectivity index is 2.08. The molecule has 0 bridgehead atoms. The van der Waals surface area contributed by atoms with Crippen LogP contribution in [0.25, 0.3) is 0 Å². The average molecular weight is 251 g/mol. The maximum absolute atomic E-state index is 11.9. The van der Waals surface area contributed by atoms with Gasteiger partial charge in [-0.1, -0.05) is 6.07 Å². The number of phenolic OH excluding ortho intramolecular Hbond substituents is 1. The Bertz CT molecular complexity index is 460. The van der Waals surface area contributed by atoms with Gasteiger partial charge < -0.3 is 20.6 Å². The quantitative estimate of drug-likeness (QED) is 0.609. The van der Waals surface area contributed by atoms with Crippen molar-refractivity contribution in [3.05, 3.63) is 29.3 Å². The van der Waals surface area contributed by atoms with Crippen LogP contribution >= 0.6 is 0 Å². The second-order valence-electron chi connectivity index (χ2n) is 4.74. The molecule has 0 aliphatic heterocycles. The minimum Gasteiger partial charge on any atom is -0.507 e. The summed E-state index contributed by atoms with van der Waals surface area (Å²) in [6.45, 7) is 1.82. The van der Waals surface area contributed by atoms with E-state index < -0.39 is 24.2 Å². The largest absolute Gasteiger partial charge is 0.507 e. The molecule has 1 amide bonds. The molecule has 2 rings (SSSR count). The third kappa shape index (κ3) is 2.47. The molecule has 98 valence electrons. The number of hydrogen-bond donors (Lipinski definition) is 4. The molecule has 0 saturated heterocycles. The maximum atomic E-state index is 11.9. The second kappa shape index (κ2) is 4.96. The molecular weight excluding hydrogens is 234 g/mol. The monoisotopic (exact) mass is 251 g/mol. The van der Waals surface area contributed by atoms with Gasteiger partial charge in [-0.3, -0.25) is 4.79 Å². The first-order valence-corrected chi connectivity index (χ1v) is 5.95. The van der Waals surface area contributed by atoms with E-state index >= 15 is 0 Å². The molecular formula is C13H17NO4. The van der Waals surface area contributed by atoms with Crippen molar-refractivity contribution in [2.45, 2.75) is 38.0 Å². The van der Waals surface area contributed by atoms with E-state index in [1.807, 2.05) is 6.92 Å². The summed E-state index contributed by atoms with van der Waals surface area (Å²) in [4.78, 5) is 11.9. The molecule has 0 heterocycles. The number of phenols is 1. The van der Waals surface area contributed by atoms with Gasteiger partial charge in [0.2, 0.25) is 0 Å². The molecule has 5 heteroatoms. The van der Waals surface area contributed by atoms with Crippen LogP contribution in [0, 0.1) is 6.92 Å². The van der Waals surface area contributed by atoms with Gasteiger partial charge in [-0.25, -0.2) is 0 Å². The molecule has 18 heavy (non-hydrogen) atoms. The number of hydrogen-bond acceptors (Lipinski definition) is 4. The number of amides is 1. The smallest absolute Gasteiger partial charge is 0.255 e. The van der Waals surface area contributed by atoms with E-state index in [4.69, 9.17) is 0 Å². The maximum Gasteiger partial charge on any atom is 0.255 e. The molecule has 0 unspecified atom stereocenters. The van der Waals surface area contributed by atoms with Crippen LogP contribution in [0.4, 0.5) is 0 Å². The van der Waals surface area contributed by atoms with E-state index in [0.29, 0.717) is 12.8 Å². The first kappa shape index (κ1) is 12.9. The van der Waals surface area contributed by atoms with Gasteiger partial charge in [0.15, 0.2) is 0 Å². The Morgan fingerprint density at radius 1 is 1.33 bits per heavy atom. The highest BCUT2D eigenvalue weighted by molar-refractivity contribution is 5.97. The Labute approximate surface area is 105 Å². The second-order valence-corrected chi connectivity index (χ2v) is 4.74. The third-order valence-electron chi connectivity index (χ3n) is 3.29. The topological polar surface area (TPSA) is 89.8 Å². The molecule has 0 aromatic heterocycles. The SMILES string of the molecule is Cc1ccc(C(=O)N[C@@H]2CC[C@@H](O)[C@@H]2O)c(O)c1. The van der Waals surface area contributed by atoms with Crippen molar-refractivity contribution < 1.29 is 20.1 Å². The van der Waals surface area contributed by atoms with Gasteiger partial charge in [0.1, 0.15) is 11.9 Å². The summed E-state index contributed by atoms with van der Waals surface area (Å²) in [7, 11) is 0. The van der Waals surface area contributed by atoms with Crippen molar-refractivity contribution in [1.82, 2.24) is 5.32 Å². The zero-order valence-electron chi connectivity index (χ0n) is 10.1.